The fraction of sp³-hybridized carbons (Fsp3) is 0.381. The standard InChI is InChI=1S/C21H26ClFN6.HI/c1-21(2,16-10-9-15(23)13-17(16)22)14-26-20(24-3)25-11-6-8-19-28-27-18-7-4-5-12-29(18)19;/h4-5,7,9-10,12-13H,6,8,11,14H2,1-3H3,(H2,24,25,26);1H. The molecule has 162 valence electrons. The van der Waals surface area contributed by atoms with E-state index in [0.29, 0.717) is 17.5 Å². The van der Waals surface area contributed by atoms with Gasteiger partial charge in [0.25, 0.3) is 0 Å². The Morgan fingerprint density at radius 1 is 1.20 bits per heavy atom. The van der Waals surface area contributed by atoms with Crippen molar-refractivity contribution in [2.24, 2.45) is 4.99 Å². The van der Waals surface area contributed by atoms with Crippen molar-refractivity contribution in [1.82, 2.24) is 25.2 Å². The predicted molar refractivity (Wildman–Crippen MR) is 131 cm³/mol. The van der Waals surface area contributed by atoms with Gasteiger partial charge in [0.15, 0.2) is 11.6 Å². The van der Waals surface area contributed by atoms with Crippen molar-refractivity contribution in [3.05, 3.63) is 64.8 Å². The first-order chi connectivity index (χ1) is 13.9. The molecule has 9 heteroatoms. The number of rotatable bonds is 7. The second-order valence-electron chi connectivity index (χ2n) is 7.51. The van der Waals surface area contributed by atoms with Gasteiger partial charge in [-0.15, -0.1) is 34.2 Å². The molecule has 0 atom stereocenters. The van der Waals surface area contributed by atoms with E-state index in [9.17, 15) is 4.39 Å². The number of hydrogen-bond acceptors (Lipinski definition) is 3. The molecule has 0 spiro atoms. The summed E-state index contributed by atoms with van der Waals surface area (Å²) in [5.74, 6) is 1.32. The minimum Gasteiger partial charge on any atom is -0.356 e. The summed E-state index contributed by atoms with van der Waals surface area (Å²) in [5.41, 5.74) is 1.46. The Morgan fingerprint density at radius 3 is 2.73 bits per heavy atom. The van der Waals surface area contributed by atoms with Crippen LogP contribution in [0.4, 0.5) is 4.39 Å². The van der Waals surface area contributed by atoms with Crippen LogP contribution >= 0.6 is 35.6 Å². The average molecular weight is 545 g/mol. The third-order valence-corrected chi connectivity index (χ3v) is 5.15. The van der Waals surface area contributed by atoms with E-state index in [1.807, 2.05) is 28.8 Å². The van der Waals surface area contributed by atoms with Crippen LogP contribution in [0.25, 0.3) is 5.65 Å². The lowest BCUT2D eigenvalue weighted by Gasteiger charge is -2.27. The lowest BCUT2D eigenvalue weighted by molar-refractivity contribution is 0.506. The van der Waals surface area contributed by atoms with Gasteiger partial charge in [0.05, 0.1) is 0 Å². The number of nitrogens with one attached hydrogen (secondary N) is 2. The van der Waals surface area contributed by atoms with Gasteiger partial charge in [0.1, 0.15) is 11.6 Å². The highest BCUT2D eigenvalue weighted by molar-refractivity contribution is 14.0. The first-order valence-electron chi connectivity index (χ1n) is 9.59. The predicted octanol–water partition coefficient (Wildman–Crippen LogP) is 4.22. The van der Waals surface area contributed by atoms with Gasteiger partial charge < -0.3 is 10.6 Å². The number of benzene rings is 1. The van der Waals surface area contributed by atoms with Crippen LogP contribution in [0.2, 0.25) is 5.02 Å². The van der Waals surface area contributed by atoms with E-state index in [-0.39, 0.29) is 35.2 Å². The molecule has 6 nitrogen and oxygen atoms in total. The van der Waals surface area contributed by atoms with Crippen LogP contribution < -0.4 is 10.6 Å². The Balaban J connectivity index is 0.00000320. The zero-order chi connectivity index (χ0) is 20.9. The summed E-state index contributed by atoms with van der Waals surface area (Å²) in [4.78, 5) is 4.27. The number of guanidine groups is 1. The molecule has 0 saturated heterocycles. The smallest absolute Gasteiger partial charge is 0.191 e. The molecule has 0 unspecified atom stereocenters. The van der Waals surface area contributed by atoms with Crippen molar-refractivity contribution in [2.45, 2.75) is 32.1 Å². The van der Waals surface area contributed by atoms with E-state index in [1.165, 1.54) is 12.1 Å². The van der Waals surface area contributed by atoms with E-state index >= 15 is 0 Å². The van der Waals surface area contributed by atoms with E-state index in [0.717, 1.165) is 36.4 Å². The van der Waals surface area contributed by atoms with Gasteiger partial charge in [-0.1, -0.05) is 37.6 Å². The highest BCUT2D eigenvalue weighted by Crippen LogP contribution is 2.29. The molecule has 0 fully saturated rings. The topological polar surface area (TPSA) is 66.6 Å². The quantitative estimate of drug-likeness (QED) is 0.202. The van der Waals surface area contributed by atoms with Crippen molar-refractivity contribution in [3.63, 3.8) is 0 Å². The second kappa shape index (κ2) is 10.9. The van der Waals surface area contributed by atoms with Crippen molar-refractivity contribution in [3.8, 4) is 0 Å². The summed E-state index contributed by atoms with van der Waals surface area (Å²) < 4.78 is 15.3. The zero-order valence-corrected chi connectivity index (χ0v) is 20.4. The maximum absolute atomic E-state index is 13.3. The summed E-state index contributed by atoms with van der Waals surface area (Å²) in [6.45, 7) is 5.47. The summed E-state index contributed by atoms with van der Waals surface area (Å²) in [6, 6.07) is 10.4. The number of aryl methyl sites for hydroxylation is 1. The molecule has 1 aromatic carbocycles. The molecule has 2 N–H and O–H groups in total. The summed E-state index contributed by atoms with van der Waals surface area (Å²) >= 11 is 6.23. The van der Waals surface area contributed by atoms with E-state index in [1.54, 1.807) is 13.1 Å². The normalized spacial score (nSPS) is 12.0. The molecular formula is C21H27ClFIN6. The highest BCUT2D eigenvalue weighted by Gasteiger charge is 2.24. The molecule has 2 heterocycles. The van der Waals surface area contributed by atoms with Crippen LogP contribution in [0.1, 0.15) is 31.7 Å². The molecule has 0 amide bonds. The largest absolute Gasteiger partial charge is 0.356 e. The van der Waals surface area contributed by atoms with Gasteiger partial charge in [0, 0.05) is 43.2 Å². The number of fused-ring (bicyclic) bond motifs is 1. The third-order valence-electron chi connectivity index (χ3n) is 4.84. The molecule has 30 heavy (non-hydrogen) atoms. The monoisotopic (exact) mass is 544 g/mol. The summed E-state index contributed by atoms with van der Waals surface area (Å²) in [5, 5.41) is 15.5. The minimum absolute atomic E-state index is 0. The molecule has 0 aliphatic heterocycles. The van der Waals surface area contributed by atoms with E-state index in [4.69, 9.17) is 11.6 Å². The van der Waals surface area contributed by atoms with Gasteiger partial charge in [-0.3, -0.25) is 9.39 Å². The van der Waals surface area contributed by atoms with Gasteiger partial charge in [-0.05, 0) is 36.2 Å². The van der Waals surface area contributed by atoms with Gasteiger partial charge in [-0.2, -0.15) is 0 Å². The van der Waals surface area contributed by atoms with Crippen LogP contribution in [-0.2, 0) is 11.8 Å². The highest BCUT2D eigenvalue weighted by atomic mass is 127. The average Bonchev–Trinajstić information content (AvgIpc) is 3.10. The number of halogens is 3. The molecule has 2 aromatic heterocycles. The summed E-state index contributed by atoms with van der Waals surface area (Å²) in [7, 11) is 1.74. The van der Waals surface area contributed by atoms with Gasteiger partial charge in [-0.25, -0.2) is 4.39 Å². The van der Waals surface area contributed by atoms with Crippen molar-refractivity contribution >= 4 is 47.2 Å². The fourth-order valence-electron chi connectivity index (χ4n) is 3.17. The van der Waals surface area contributed by atoms with Crippen LogP contribution in [0.15, 0.2) is 47.6 Å². The molecular weight excluding hydrogens is 518 g/mol. The third kappa shape index (κ3) is 6.04. The number of hydrogen-bond donors (Lipinski definition) is 2. The maximum atomic E-state index is 13.3. The van der Waals surface area contributed by atoms with Crippen LogP contribution in [0, 0.1) is 5.82 Å². The molecule has 0 aliphatic carbocycles. The lowest BCUT2D eigenvalue weighted by Crippen LogP contribution is -2.43. The van der Waals surface area contributed by atoms with E-state index < -0.39 is 0 Å². The first-order valence-corrected chi connectivity index (χ1v) is 9.97. The van der Waals surface area contributed by atoms with Crippen molar-refractivity contribution in [1.29, 1.82) is 0 Å². The van der Waals surface area contributed by atoms with Crippen molar-refractivity contribution in [2.75, 3.05) is 20.1 Å². The van der Waals surface area contributed by atoms with Gasteiger partial charge >= 0.3 is 0 Å². The Morgan fingerprint density at radius 2 is 2.00 bits per heavy atom. The minimum atomic E-state index is -0.333. The van der Waals surface area contributed by atoms with E-state index in [2.05, 4.69) is 39.7 Å². The SMILES string of the molecule is CN=C(NCCCc1nnc2ccccn12)NCC(C)(C)c1ccc(F)cc1Cl.I. The summed E-state index contributed by atoms with van der Waals surface area (Å²) in [6.07, 6.45) is 3.68. The van der Waals surface area contributed by atoms with Gasteiger partial charge in [0.2, 0.25) is 0 Å². The first kappa shape index (κ1) is 24.3. The molecule has 0 radical (unpaired) electrons. The van der Waals surface area contributed by atoms with Crippen molar-refractivity contribution < 1.29 is 4.39 Å². The second-order valence-corrected chi connectivity index (χ2v) is 7.92. The Hall–Kier alpha value is -1.94. The Bertz CT molecular complexity index is 1000. The number of aromatic nitrogens is 3. The fourth-order valence-corrected chi connectivity index (χ4v) is 3.60. The molecule has 3 aromatic rings. The molecule has 0 saturated carbocycles. The van der Waals surface area contributed by atoms with Crippen LogP contribution in [0.5, 0.6) is 0 Å². The Kier molecular flexibility index (Phi) is 8.84. The number of pyridine rings is 1. The number of aliphatic imine (C=N–C) groups is 1. The molecule has 0 aliphatic rings. The number of nitrogens with zero attached hydrogens (tertiary/aromatic N) is 4. The van der Waals surface area contributed by atoms with Crippen LogP contribution in [-0.4, -0.2) is 40.7 Å². The molecule has 3 rings (SSSR count). The molecule has 0 bridgehead atoms. The van der Waals surface area contributed by atoms with Crippen LogP contribution in [0.3, 0.4) is 0 Å². The Labute approximate surface area is 198 Å². The maximum Gasteiger partial charge on any atom is 0.191 e. The lowest BCUT2D eigenvalue weighted by atomic mass is 9.84. The zero-order valence-electron chi connectivity index (χ0n) is 17.3.